The normalized spacial score (nSPS) is 10.7. The minimum absolute atomic E-state index is 0.00273. The fourth-order valence-electron chi connectivity index (χ4n) is 1.85. The van der Waals surface area contributed by atoms with Gasteiger partial charge in [-0.1, -0.05) is 48.6 Å². The summed E-state index contributed by atoms with van der Waals surface area (Å²) in [4.78, 5) is 0. The molecule has 0 aliphatic heterocycles. The van der Waals surface area contributed by atoms with Crippen LogP contribution in [0.1, 0.15) is 22.3 Å². The molecule has 2 rings (SSSR count). The van der Waals surface area contributed by atoms with Crippen molar-refractivity contribution >= 4 is 29.5 Å². The molecule has 2 aromatic rings. The van der Waals surface area contributed by atoms with Crippen LogP contribution in [0.15, 0.2) is 42.5 Å². The summed E-state index contributed by atoms with van der Waals surface area (Å²) >= 11 is 0. The first-order valence-corrected chi connectivity index (χ1v) is 6.34. The SMILES string of the molecule is N=C(N)c1ccc(C=Cc2ccc(C(=N)N)cc2N)cc1. The molecule has 106 valence electrons. The first-order valence-electron chi connectivity index (χ1n) is 6.34. The van der Waals surface area contributed by atoms with E-state index in [1.807, 2.05) is 30.4 Å². The molecular weight excluding hydrogens is 262 g/mol. The fraction of sp³-hybridized carbons (Fsp3) is 0. The van der Waals surface area contributed by atoms with Gasteiger partial charge in [0.05, 0.1) is 0 Å². The van der Waals surface area contributed by atoms with Gasteiger partial charge < -0.3 is 17.2 Å². The van der Waals surface area contributed by atoms with Crippen LogP contribution in [0.2, 0.25) is 0 Å². The molecule has 0 amide bonds. The first kappa shape index (κ1) is 14.3. The van der Waals surface area contributed by atoms with Crippen LogP contribution >= 0.6 is 0 Å². The lowest BCUT2D eigenvalue weighted by atomic mass is 10.1. The molecule has 0 aliphatic rings. The minimum Gasteiger partial charge on any atom is -0.398 e. The lowest BCUT2D eigenvalue weighted by Crippen LogP contribution is -2.11. The zero-order chi connectivity index (χ0) is 15.4. The molecule has 0 radical (unpaired) electrons. The van der Waals surface area contributed by atoms with Gasteiger partial charge in [-0.05, 0) is 17.2 Å². The van der Waals surface area contributed by atoms with Crippen molar-refractivity contribution in [3.05, 3.63) is 64.7 Å². The number of hydrogen-bond donors (Lipinski definition) is 5. The Labute approximate surface area is 123 Å². The van der Waals surface area contributed by atoms with Gasteiger partial charge >= 0.3 is 0 Å². The highest BCUT2D eigenvalue weighted by Gasteiger charge is 2.00. The summed E-state index contributed by atoms with van der Waals surface area (Å²) in [6, 6.07) is 12.6. The first-order chi connectivity index (χ1) is 9.97. The van der Waals surface area contributed by atoms with Gasteiger partial charge in [-0.3, -0.25) is 10.8 Å². The van der Waals surface area contributed by atoms with Crippen molar-refractivity contribution in [2.24, 2.45) is 11.5 Å². The van der Waals surface area contributed by atoms with Gasteiger partial charge in [0, 0.05) is 16.8 Å². The summed E-state index contributed by atoms with van der Waals surface area (Å²) in [5, 5.41) is 14.7. The molecule has 0 atom stereocenters. The molecule has 21 heavy (non-hydrogen) atoms. The van der Waals surface area contributed by atoms with Crippen molar-refractivity contribution in [2.75, 3.05) is 5.73 Å². The summed E-state index contributed by atoms with van der Waals surface area (Å²) in [6.45, 7) is 0. The number of rotatable bonds is 4. The average molecular weight is 279 g/mol. The van der Waals surface area contributed by atoms with Crippen LogP contribution in [0.4, 0.5) is 5.69 Å². The van der Waals surface area contributed by atoms with Gasteiger partial charge in [-0.25, -0.2) is 0 Å². The monoisotopic (exact) mass is 279 g/mol. The number of amidine groups is 2. The van der Waals surface area contributed by atoms with Gasteiger partial charge in [0.25, 0.3) is 0 Å². The highest BCUT2D eigenvalue weighted by Crippen LogP contribution is 2.17. The maximum Gasteiger partial charge on any atom is 0.122 e. The Hall–Kier alpha value is -3.08. The highest BCUT2D eigenvalue weighted by molar-refractivity contribution is 5.97. The lowest BCUT2D eigenvalue weighted by Gasteiger charge is -2.04. The van der Waals surface area contributed by atoms with Crippen molar-refractivity contribution in [1.82, 2.24) is 0 Å². The van der Waals surface area contributed by atoms with Gasteiger partial charge in [-0.15, -0.1) is 0 Å². The van der Waals surface area contributed by atoms with Crippen molar-refractivity contribution in [1.29, 1.82) is 10.8 Å². The van der Waals surface area contributed by atoms with E-state index in [9.17, 15) is 0 Å². The fourth-order valence-corrected chi connectivity index (χ4v) is 1.85. The molecule has 0 heterocycles. The quantitative estimate of drug-likeness (QED) is 0.254. The van der Waals surface area contributed by atoms with E-state index in [0.717, 1.165) is 11.1 Å². The predicted molar refractivity (Wildman–Crippen MR) is 88.3 cm³/mol. The topological polar surface area (TPSA) is 126 Å². The van der Waals surface area contributed by atoms with E-state index in [4.69, 9.17) is 28.0 Å². The molecular formula is C16H17N5. The zero-order valence-corrected chi connectivity index (χ0v) is 11.4. The van der Waals surface area contributed by atoms with Crippen LogP contribution in [0, 0.1) is 10.8 Å². The third-order valence-electron chi connectivity index (χ3n) is 3.07. The maximum absolute atomic E-state index is 7.37. The smallest absolute Gasteiger partial charge is 0.122 e. The van der Waals surface area contributed by atoms with Crippen LogP contribution in [0.25, 0.3) is 12.2 Å². The van der Waals surface area contributed by atoms with E-state index < -0.39 is 0 Å². The number of hydrogen-bond acceptors (Lipinski definition) is 3. The summed E-state index contributed by atoms with van der Waals surface area (Å²) < 4.78 is 0. The predicted octanol–water partition coefficient (Wildman–Crippen LogP) is 2.01. The Morgan fingerprint density at radius 2 is 1.38 bits per heavy atom. The van der Waals surface area contributed by atoms with Crippen LogP contribution in [-0.4, -0.2) is 11.7 Å². The van der Waals surface area contributed by atoms with Crippen molar-refractivity contribution < 1.29 is 0 Å². The maximum atomic E-state index is 7.37. The van der Waals surface area contributed by atoms with E-state index in [0.29, 0.717) is 16.8 Å². The van der Waals surface area contributed by atoms with Crippen LogP contribution in [-0.2, 0) is 0 Å². The molecule has 0 saturated heterocycles. The number of nitrogens with two attached hydrogens (primary N) is 3. The van der Waals surface area contributed by atoms with E-state index in [1.54, 1.807) is 24.3 Å². The number of nitrogens with one attached hydrogen (secondary N) is 2. The van der Waals surface area contributed by atoms with Gasteiger partial charge in [-0.2, -0.15) is 0 Å². The average Bonchev–Trinajstić information content (AvgIpc) is 2.46. The molecule has 0 fully saturated rings. The van der Waals surface area contributed by atoms with E-state index in [2.05, 4.69) is 0 Å². The highest BCUT2D eigenvalue weighted by atomic mass is 14.7. The second-order valence-electron chi connectivity index (χ2n) is 4.63. The Bertz CT molecular complexity index is 714. The van der Waals surface area contributed by atoms with Crippen LogP contribution in [0.3, 0.4) is 0 Å². The molecule has 0 aliphatic carbocycles. The van der Waals surface area contributed by atoms with Crippen molar-refractivity contribution in [2.45, 2.75) is 0 Å². The van der Waals surface area contributed by atoms with Gasteiger partial charge in [0.2, 0.25) is 0 Å². The molecule has 2 aromatic carbocycles. The number of benzene rings is 2. The van der Waals surface area contributed by atoms with Crippen LogP contribution < -0.4 is 17.2 Å². The number of nitrogen functional groups attached to an aromatic ring is 3. The largest absolute Gasteiger partial charge is 0.398 e. The Morgan fingerprint density at radius 3 is 1.90 bits per heavy atom. The summed E-state index contributed by atoms with van der Waals surface area (Å²) in [7, 11) is 0. The third-order valence-corrected chi connectivity index (χ3v) is 3.07. The lowest BCUT2D eigenvalue weighted by molar-refractivity contribution is 1.42. The summed E-state index contributed by atoms with van der Waals surface area (Å²) in [5.41, 5.74) is 20.5. The van der Waals surface area contributed by atoms with E-state index >= 15 is 0 Å². The number of anilines is 1. The molecule has 5 nitrogen and oxygen atoms in total. The second kappa shape index (κ2) is 5.92. The molecule has 0 unspecified atom stereocenters. The van der Waals surface area contributed by atoms with Gasteiger partial charge in [0.15, 0.2) is 0 Å². The van der Waals surface area contributed by atoms with Crippen LogP contribution in [0.5, 0.6) is 0 Å². The molecule has 0 spiro atoms. The zero-order valence-electron chi connectivity index (χ0n) is 11.4. The molecule has 5 heteroatoms. The van der Waals surface area contributed by atoms with Crippen molar-refractivity contribution in [3.8, 4) is 0 Å². The standard InChI is InChI=1S/C16H17N5/c17-14-9-13(16(20)21)8-7-11(14)4-1-10-2-5-12(6-3-10)15(18)19/h1-9H,17H2,(H3,18,19)(H3,20,21). The minimum atomic E-state index is -0.00273. The molecule has 0 aromatic heterocycles. The molecule has 0 bridgehead atoms. The molecule has 0 saturated carbocycles. The Balaban J connectivity index is 2.21. The molecule has 8 N–H and O–H groups in total. The summed E-state index contributed by atoms with van der Waals surface area (Å²) in [5.74, 6) is 0.0478. The van der Waals surface area contributed by atoms with Gasteiger partial charge in [0.1, 0.15) is 11.7 Å². The second-order valence-corrected chi connectivity index (χ2v) is 4.63. The summed E-state index contributed by atoms with van der Waals surface area (Å²) in [6.07, 6.45) is 3.81. The van der Waals surface area contributed by atoms with E-state index in [1.165, 1.54) is 0 Å². The Kier molecular flexibility index (Phi) is 4.04. The van der Waals surface area contributed by atoms with Crippen molar-refractivity contribution in [3.63, 3.8) is 0 Å². The third kappa shape index (κ3) is 3.48. The van der Waals surface area contributed by atoms with E-state index in [-0.39, 0.29) is 11.7 Å². The Morgan fingerprint density at radius 1 is 0.810 bits per heavy atom.